The lowest BCUT2D eigenvalue weighted by Crippen LogP contribution is -2.35. The molecule has 1 heterocycles. The highest BCUT2D eigenvalue weighted by Gasteiger charge is 2.21. The van der Waals surface area contributed by atoms with Crippen LogP contribution in [-0.4, -0.2) is 46.5 Å². The Bertz CT molecular complexity index is 602. The molecule has 7 heteroatoms. The summed E-state index contributed by atoms with van der Waals surface area (Å²) in [5.41, 5.74) is 0.993. The van der Waals surface area contributed by atoms with Gasteiger partial charge in [0.15, 0.2) is 11.5 Å². The van der Waals surface area contributed by atoms with E-state index in [0.717, 1.165) is 17.7 Å². The Balaban J connectivity index is 2.07. The number of hydrogen-bond acceptors (Lipinski definition) is 5. The van der Waals surface area contributed by atoms with Crippen molar-refractivity contribution in [3.8, 4) is 11.5 Å². The van der Waals surface area contributed by atoms with Gasteiger partial charge in [-0.15, -0.1) is 0 Å². The minimum Gasteiger partial charge on any atom is -0.454 e. The summed E-state index contributed by atoms with van der Waals surface area (Å²) in [7, 11) is 0.628. The zero-order valence-corrected chi connectivity index (χ0v) is 14.1. The molecule has 0 aromatic heterocycles. The van der Waals surface area contributed by atoms with E-state index < -0.39 is 10.0 Å². The Morgan fingerprint density at radius 3 is 2.68 bits per heavy atom. The van der Waals surface area contributed by atoms with Gasteiger partial charge in [-0.2, -0.15) is 0 Å². The minimum atomic E-state index is -3.22. The fourth-order valence-corrected chi connectivity index (χ4v) is 3.56. The molecule has 1 atom stereocenters. The molecule has 1 aliphatic heterocycles. The van der Waals surface area contributed by atoms with Gasteiger partial charge in [0.25, 0.3) is 0 Å². The van der Waals surface area contributed by atoms with E-state index in [1.165, 1.54) is 0 Å². The molecule has 22 heavy (non-hydrogen) atoms. The second kappa shape index (κ2) is 7.30. The first kappa shape index (κ1) is 17.1. The van der Waals surface area contributed by atoms with Crippen molar-refractivity contribution < 1.29 is 17.9 Å². The summed E-state index contributed by atoms with van der Waals surface area (Å²) in [6, 6.07) is 5.65. The molecule has 0 bridgehead atoms. The summed E-state index contributed by atoms with van der Waals surface area (Å²) in [5.74, 6) is 1.60. The van der Waals surface area contributed by atoms with Crippen molar-refractivity contribution in [3.63, 3.8) is 0 Å². The smallest absolute Gasteiger partial charge is 0.231 e. The summed E-state index contributed by atoms with van der Waals surface area (Å²) < 4.78 is 37.3. The normalized spacial score (nSPS) is 15.3. The van der Waals surface area contributed by atoms with Crippen LogP contribution in [0.15, 0.2) is 18.2 Å². The van der Waals surface area contributed by atoms with Crippen LogP contribution < -0.4 is 14.2 Å². The van der Waals surface area contributed by atoms with E-state index in [9.17, 15) is 8.42 Å². The zero-order chi connectivity index (χ0) is 16.2. The average Bonchev–Trinajstić information content (AvgIpc) is 2.92. The zero-order valence-electron chi connectivity index (χ0n) is 13.3. The lowest BCUT2D eigenvalue weighted by molar-refractivity contribution is 0.174. The van der Waals surface area contributed by atoms with Crippen LogP contribution in [0.25, 0.3) is 0 Å². The third-order valence-corrected chi connectivity index (χ3v) is 5.10. The van der Waals surface area contributed by atoms with Gasteiger partial charge in [-0.1, -0.05) is 19.4 Å². The van der Waals surface area contributed by atoms with Crippen LogP contribution in [0.5, 0.6) is 11.5 Å². The van der Waals surface area contributed by atoms with Gasteiger partial charge in [-0.25, -0.2) is 13.1 Å². The molecule has 0 spiro atoms. The topological polar surface area (TPSA) is 67.9 Å². The number of likely N-dealkylation sites (N-methyl/N-ethyl adjacent to an activating group) is 1. The summed E-state index contributed by atoms with van der Waals surface area (Å²) in [4.78, 5) is 1.99. The van der Waals surface area contributed by atoms with Gasteiger partial charge in [0, 0.05) is 12.6 Å². The first-order valence-electron chi connectivity index (χ1n) is 7.46. The molecular weight excluding hydrogens is 304 g/mol. The second-order valence-corrected chi connectivity index (χ2v) is 7.54. The van der Waals surface area contributed by atoms with Gasteiger partial charge < -0.3 is 14.4 Å². The van der Waals surface area contributed by atoms with E-state index in [4.69, 9.17) is 9.47 Å². The molecule has 1 N–H and O–H groups in total. The number of sulfonamides is 1. The number of unbranched alkanes of at least 4 members (excludes halogenated alkanes) is 1. The Morgan fingerprint density at radius 2 is 2.00 bits per heavy atom. The number of nitrogens with zero attached hydrogens (tertiary/aromatic N) is 1. The molecule has 0 radical (unpaired) electrons. The van der Waals surface area contributed by atoms with Crippen molar-refractivity contribution in [2.75, 3.05) is 33.2 Å². The van der Waals surface area contributed by atoms with Crippen molar-refractivity contribution >= 4 is 10.0 Å². The molecule has 6 nitrogen and oxygen atoms in total. The summed E-state index contributed by atoms with van der Waals surface area (Å²) in [6.07, 6.45) is 1.53. The highest BCUT2D eigenvalue weighted by molar-refractivity contribution is 7.89. The number of fused-ring (bicyclic) bond motifs is 1. The van der Waals surface area contributed by atoms with E-state index in [0.29, 0.717) is 18.7 Å². The summed E-state index contributed by atoms with van der Waals surface area (Å²) in [5, 5.41) is 0. The molecule has 0 fully saturated rings. The molecule has 0 amide bonds. The molecule has 0 aliphatic carbocycles. The highest BCUT2D eigenvalue weighted by Crippen LogP contribution is 2.34. The van der Waals surface area contributed by atoms with Crippen LogP contribution in [-0.2, 0) is 10.0 Å². The number of benzene rings is 1. The molecule has 0 saturated heterocycles. The predicted molar refractivity (Wildman–Crippen MR) is 85.7 cm³/mol. The first-order chi connectivity index (χ1) is 10.4. The Kier molecular flexibility index (Phi) is 5.66. The van der Waals surface area contributed by atoms with E-state index in [-0.39, 0.29) is 18.6 Å². The van der Waals surface area contributed by atoms with Gasteiger partial charge in [0.05, 0.1) is 5.75 Å². The second-order valence-electron chi connectivity index (χ2n) is 5.61. The van der Waals surface area contributed by atoms with Crippen molar-refractivity contribution in [1.82, 2.24) is 9.62 Å². The Hall–Kier alpha value is -1.31. The fraction of sp³-hybridized carbons (Fsp3) is 0.600. The highest BCUT2D eigenvalue weighted by atomic mass is 32.2. The van der Waals surface area contributed by atoms with Crippen LogP contribution in [0.3, 0.4) is 0 Å². The molecular formula is C15H24N2O4S. The van der Waals surface area contributed by atoms with Gasteiger partial charge in [0.1, 0.15) is 0 Å². The Labute approximate surface area is 132 Å². The maximum atomic E-state index is 12.0. The Morgan fingerprint density at radius 1 is 1.27 bits per heavy atom. The maximum Gasteiger partial charge on any atom is 0.231 e. The summed E-state index contributed by atoms with van der Waals surface area (Å²) >= 11 is 0. The van der Waals surface area contributed by atoms with E-state index in [2.05, 4.69) is 4.72 Å². The molecule has 2 rings (SSSR count). The van der Waals surface area contributed by atoms with E-state index in [1.54, 1.807) is 0 Å². The van der Waals surface area contributed by atoms with Gasteiger partial charge in [-0.3, -0.25) is 0 Å². The van der Waals surface area contributed by atoms with E-state index in [1.807, 2.05) is 44.1 Å². The SMILES string of the molecule is CCCCS(=O)(=O)NCC(c1ccc2c(c1)OCO2)N(C)C. The number of nitrogens with one attached hydrogen (secondary N) is 1. The standard InChI is InChI=1S/C15H24N2O4S/c1-4-5-8-22(18,19)16-10-13(17(2)3)12-6-7-14-15(9-12)21-11-20-14/h6-7,9,13,16H,4-5,8,10-11H2,1-3H3. The van der Waals surface area contributed by atoms with Crippen molar-refractivity contribution in [1.29, 1.82) is 0 Å². The minimum absolute atomic E-state index is 0.0640. The van der Waals surface area contributed by atoms with Gasteiger partial charge >= 0.3 is 0 Å². The maximum absolute atomic E-state index is 12.0. The van der Waals surface area contributed by atoms with E-state index >= 15 is 0 Å². The summed E-state index contributed by atoms with van der Waals surface area (Å²) in [6.45, 7) is 2.54. The molecule has 1 aliphatic rings. The fourth-order valence-electron chi connectivity index (χ4n) is 2.33. The van der Waals surface area contributed by atoms with Crippen LogP contribution >= 0.6 is 0 Å². The van der Waals surface area contributed by atoms with Gasteiger partial charge in [-0.05, 0) is 38.2 Å². The number of hydrogen-bond donors (Lipinski definition) is 1. The predicted octanol–water partition coefficient (Wildman–Crippen LogP) is 1.74. The van der Waals surface area contributed by atoms with Crippen LogP contribution in [0.4, 0.5) is 0 Å². The molecule has 0 saturated carbocycles. The number of ether oxygens (including phenoxy) is 2. The monoisotopic (exact) mass is 328 g/mol. The average molecular weight is 328 g/mol. The largest absolute Gasteiger partial charge is 0.454 e. The van der Waals surface area contributed by atoms with Crippen LogP contribution in [0.1, 0.15) is 31.4 Å². The van der Waals surface area contributed by atoms with Crippen molar-refractivity contribution in [2.24, 2.45) is 0 Å². The van der Waals surface area contributed by atoms with Crippen LogP contribution in [0, 0.1) is 0 Å². The molecule has 1 unspecified atom stereocenters. The third kappa shape index (κ3) is 4.34. The van der Waals surface area contributed by atoms with Crippen LogP contribution in [0.2, 0.25) is 0 Å². The first-order valence-corrected chi connectivity index (χ1v) is 9.11. The lowest BCUT2D eigenvalue weighted by Gasteiger charge is -2.25. The quantitative estimate of drug-likeness (QED) is 0.787. The number of rotatable bonds is 8. The molecule has 1 aromatic carbocycles. The molecule has 124 valence electrons. The molecule has 1 aromatic rings. The third-order valence-electron chi connectivity index (χ3n) is 3.67. The van der Waals surface area contributed by atoms with Crippen molar-refractivity contribution in [3.05, 3.63) is 23.8 Å². The van der Waals surface area contributed by atoms with Crippen molar-refractivity contribution in [2.45, 2.75) is 25.8 Å². The lowest BCUT2D eigenvalue weighted by atomic mass is 10.1. The van der Waals surface area contributed by atoms with Gasteiger partial charge in [0.2, 0.25) is 16.8 Å².